The Labute approximate surface area is 139 Å². The van der Waals surface area contributed by atoms with Crippen LogP contribution in [-0.2, 0) is 4.79 Å². The number of ether oxygens (including phenoxy) is 2. The first-order chi connectivity index (χ1) is 11.6. The molecule has 2 N–H and O–H groups in total. The largest absolute Gasteiger partial charge is 0.497 e. The number of aliphatic carboxylic acids is 1. The van der Waals surface area contributed by atoms with Crippen LogP contribution < -0.4 is 14.8 Å². The molecule has 0 spiro atoms. The molecule has 1 aliphatic carbocycles. The summed E-state index contributed by atoms with van der Waals surface area (Å²) in [4.78, 5) is 19.5. The summed E-state index contributed by atoms with van der Waals surface area (Å²) in [6, 6.07) is 9.09. The number of hydrogen-bond acceptors (Lipinski definition) is 6. The van der Waals surface area contributed by atoms with E-state index in [1.807, 2.05) is 24.3 Å². The summed E-state index contributed by atoms with van der Waals surface area (Å²) < 4.78 is 10.5. The second kappa shape index (κ2) is 7.16. The molecule has 3 rings (SSSR count). The van der Waals surface area contributed by atoms with Crippen molar-refractivity contribution >= 4 is 11.9 Å². The maximum atomic E-state index is 10.7. The van der Waals surface area contributed by atoms with Crippen molar-refractivity contribution in [2.75, 3.05) is 25.6 Å². The number of benzene rings is 1. The monoisotopic (exact) mass is 329 g/mol. The highest BCUT2D eigenvalue weighted by Crippen LogP contribution is 2.29. The van der Waals surface area contributed by atoms with Gasteiger partial charge in [-0.15, -0.1) is 0 Å². The first-order valence-electron chi connectivity index (χ1n) is 7.76. The minimum Gasteiger partial charge on any atom is -0.497 e. The van der Waals surface area contributed by atoms with Gasteiger partial charge in [-0.25, -0.2) is 9.78 Å². The summed E-state index contributed by atoms with van der Waals surface area (Å²) in [6.45, 7) is 0.358. The quantitative estimate of drug-likeness (QED) is 0.768. The molecule has 1 aromatic heterocycles. The zero-order valence-electron chi connectivity index (χ0n) is 13.4. The smallest absolute Gasteiger partial charge is 0.341 e. The predicted octanol–water partition coefficient (Wildman–Crippen LogP) is 2.44. The van der Waals surface area contributed by atoms with E-state index in [-0.39, 0.29) is 5.88 Å². The first-order valence-corrected chi connectivity index (χ1v) is 7.76. The number of rotatable bonds is 8. The van der Waals surface area contributed by atoms with Gasteiger partial charge in [0.05, 0.1) is 12.8 Å². The Morgan fingerprint density at radius 2 is 2.17 bits per heavy atom. The van der Waals surface area contributed by atoms with E-state index in [0.717, 1.165) is 12.1 Å². The molecule has 1 heterocycles. The second-order valence-corrected chi connectivity index (χ2v) is 5.65. The fraction of sp³-hybridized carbons (Fsp3) is 0.353. The third-order valence-electron chi connectivity index (χ3n) is 3.66. The lowest BCUT2D eigenvalue weighted by molar-refractivity contribution is -0.139. The predicted molar refractivity (Wildman–Crippen MR) is 88.4 cm³/mol. The fourth-order valence-corrected chi connectivity index (χ4v) is 2.20. The normalized spacial score (nSPS) is 13.4. The van der Waals surface area contributed by atoms with Gasteiger partial charge in [0.2, 0.25) is 11.8 Å². The molecule has 2 aromatic rings. The number of hydrogen-bond donors (Lipinski definition) is 2. The van der Waals surface area contributed by atoms with Crippen molar-refractivity contribution in [1.29, 1.82) is 0 Å². The number of aromatic nitrogens is 2. The van der Waals surface area contributed by atoms with Crippen molar-refractivity contribution in [2.24, 2.45) is 5.92 Å². The van der Waals surface area contributed by atoms with Gasteiger partial charge in [-0.3, -0.25) is 0 Å². The lowest BCUT2D eigenvalue weighted by atomic mass is 10.1. The summed E-state index contributed by atoms with van der Waals surface area (Å²) in [5.74, 6) is 0.985. The van der Waals surface area contributed by atoms with E-state index in [0.29, 0.717) is 23.3 Å². The van der Waals surface area contributed by atoms with Crippen LogP contribution in [0.4, 0.5) is 5.95 Å². The number of methoxy groups -OCH3 is 1. The molecule has 24 heavy (non-hydrogen) atoms. The van der Waals surface area contributed by atoms with E-state index in [9.17, 15) is 4.79 Å². The second-order valence-electron chi connectivity index (χ2n) is 5.65. The van der Waals surface area contributed by atoms with Crippen molar-refractivity contribution < 1.29 is 19.4 Å². The summed E-state index contributed by atoms with van der Waals surface area (Å²) in [5, 5.41) is 12.0. The summed E-state index contributed by atoms with van der Waals surface area (Å²) in [5.41, 5.74) is 1.48. The van der Waals surface area contributed by atoms with Crippen molar-refractivity contribution in [3.63, 3.8) is 0 Å². The molecule has 1 saturated carbocycles. The average molecular weight is 329 g/mol. The molecule has 0 aliphatic heterocycles. The van der Waals surface area contributed by atoms with Gasteiger partial charge in [-0.2, -0.15) is 4.98 Å². The van der Waals surface area contributed by atoms with Gasteiger partial charge < -0.3 is 19.9 Å². The van der Waals surface area contributed by atoms with E-state index >= 15 is 0 Å². The van der Waals surface area contributed by atoms with Crippen LogP contribution in [0.5, 0.6) is 11.6 Å². The molecule has 0 saturated heterocycles. The molecule has 7 nitrogen and oxygen atoms in total. The maximum Gasteiger partial charge on any atom is 0.341 e. The van der Waals surface area contributed by atoms with Crippen LogP contribution in [0.25, 0.3) is 11.3 Å². The van der Waals surface area contributed by atoms with E-state index in [1.165, 1.54) is 12.8 Å². The summed E-state index contributed by atoms with van der Waals surface area (Å²) in [6.07, 6.45) is 2.43. The van der Waals surface area contributed by atoms with E-state index in [4.69, 9.17) is 14.6 Å². The molecule has 0 amide bonds. The number of anilines is 1. The number of nitrogens with one attached hydrogen (secondary N) is 1. The molecule has 7 heteroatoms. The number of carbonyl (C=O) groups is 1. The highest BCUT2D eigenvalue weighted by molar-refractivity contribution is 5.68. The van der Waals surface area contributed by atoms with Crippen LogP contribution in [0.15, 0.2) is 30.3 Å². The molecular weight excluding hydrogens is 310 g/mol. The Balaban J connectivity index is 1.87. The molecule has 0 atom stereocenters. The lowest BCUT2D eigenvalue weighted by Crippen LogP contribution is -2.12. The summed E-state index contributed by atoms with van der Waals surface area (Å²) in [7, 11) is 1.60. The minimum atomic E-state index is -1.05. The van der Waals surface area contributed by atoms with Crippen molar-refractivity contribution in [2.45, 2.75) is 12.8 Å². The summed E-state index contributed by atoms with van der Waals surface area (Å²) >= 11 is 0. The van der Waals surface area contributed by atoms with Gasteiger partial charge >= 0.3 is 5.97 Å². The fourth-order valence-electron chi connectivity index (χ4n) is 2.20. The highest BCUT2D eigenvalue weighted by atomic mass is 16.5. The third-order valence-corrected chi connectivity index (χ3v) is 3.66. The minimum absolute atomic E-state index is 0.225. The van der Waals surface area contributed by atoms with Crippen molar-refractivity contribution in [1.82, 2.24) is 9.97 Å². The van der Waals surface area contributed by atoms with Crippen molar-refractivity contribution in [3.8, 4) is 22.9 Å². The molecule has 0 radical (unpaired) electrons. The van der Waals surface area contributed by atoms with Crippen LogP contribution in [-0.4, -0.2) is 41.3 Å². The van der Waals surface area contributed by atoms with Crippen LogP contribution in [0.2, 0.25) is 0 Å². The Morgan fingerprint density at radius 1 is 1.33 bits per heavy atom. The van der Waals surface area contributed by atoms with E-state index in [1.54, 1.807) is 13.2 Å². The van der Waals surface area contributed by atoms with Gasteiger partial charge in [0.15, 0.2) is 6.61 Å². The molecule has 0 bridgehead atoms. The van der Waals surface area contributed by atoms with E-state index < -0.39 is 12.6 Å². The van der Waals surface area contributed by atoms with Gasteiger partial charge in [0.25, 0.3) is 0 Å². The lowest BCUT2D eigenvalue weighted by Gasteiger charge is -2.10. The molecule has 1 aliphatic rings. The van der Waals surface area contributed by atoms with Crippen LogP contribution in [0, 0.1) is 5.92 Å². The topological polar surface area (TPSA) is 93.6 Å². The molecule has 126 valence electrons. The first kappa shape index (κ1) is 16.0. The molecule has 0 unspecified atom stereocenters. The number of carboxylic acids is 1. The Bertz CT molecular complexity index is 732. The van der Waals surface area contributed by atoms with Crippen molar-refractivity contribution in [3.05, 3.63) is 30.3 Å². The maximum absolute atomic E-state index is 10.7. The molecular formula is C17H19N3O4. The molecule has 1 aromatic carbocycles. The highest BCUT2D eigenvalue weighted by Gasteiger charge is 2.21. The zero-order valence-corrected chi connectivity index (χ0v) is 13.4. The van der Waals surface area contributed by atoms with Crippen LogP contribution >= 0.6 is 0 Å². The average Bonchev–Trinajstić information content (AvgIpc) is 3.42. The van der Waals surface area contributed by atoms with Gasteiger partial charge in [0.1, 0.15) is 5.75 Å². The van der Waals surface area contributed by atoms with Gasteiger partial charge in [-0.1, -0.05) is 12.1 Å². The molecule has 1 fully saturated rings. The third kappa shape index (κ3) is 4.34. The Morgan fingerprint density at radius 3 is 2.88 bits per heavy atom. The standard InChI is InChI=1S/C17H19N3O4/c1-23-13-4-2-3-12(7-13)14-8-15(24-10-16(21)22)20-17(19-14)18-9-11-5-6-11/h2-4,7-8,11H,5-6,9-10H2,1H3,(H,21,22)(H,18,19,20). The number of nitrogens with zero attached hydrogens (tertiary/aromatic N) is 2. The van der Waals surface area contributed by atoms with Crippen LogP contribution in [0.3, 0.4) is 0 Å². The van der Waals surface area contributed by atoms with Gasteiger partial charge in [-0.05, 0) is 30.9 Å². The van der Waals surface area contributed by atoms with Gasteiger partial charge in [0, 0.05) is 18.2 Å². The SMILES string of the molecule is COc1cccc(-c2cc(OCC(=O)O)nc(NCC3CC3)n2)c1. The van der Waals surface area contributed by atoms with Crippen LogP contribution in [0.1, 0.15) is 12.8 Å². The Hall–Kier alpha value is -2.83. The number of carboxylic acid groups (broad SMARTS) is 1. The zero-order chi connectivity index (χ0) is 16.9. The van der Waals surface area contributed by atoms with E-state index in [2.05, 4.69) is 15.3 Å². The Kier molecular flexibility index (Phi) is 4.79.